The molecule has 0 saturated carbocycles. The van der Waals surface area contributed by atoms with Gasteiger partial charge in [-0.1, -0.05) is 47.5 Å². The fourth-order valence-corrected chi connectivity index (χ4v) is 4.28. The first-order valence-corrected chi connectivity index (χ1v) is 11.3. The van der Waals surface area contributed by atoms with Crippen molar-refractivity contribution in [1.82, 2.24) is 5.43 Å². The lowest BCUT2D eigenvalue weighted by Gasteiger charge is -2.13. The molecule has 0 aliphatic carbocycles. The predicted octanol–water partition coefficient (Wildman–Crippen LogP) is 5.70. The Balaban J connectivity index is 1.63. The lowest BCUT2D eigenvalue weighted by molar-refractivity contribution is -0.386. The standard InChI is InChI=1S/C23H14BrCl2N3O5/c24-18-9-13(8-17-22(30)27-28(23(17)31)16-4-2-1-3-5-16)10-20(29(32)33)21(18)34-12-14-6-7-15(25)11-19(14)26/h1-11H,12H2,(H,27,30)/b17-8-. The number of rotatable bonds is 6. The molecule has 0 spiro atoms. The molecule has 0 atom stereocenters. The highest BCUT2D eigenvalue weighted by Crippen LogP contribution is 2.38. The summed E-state index contributed by atoms with van der Waals surface area (Å²) in [6, 6.07) is 16.2. The molecule has 1 saturated heterocycles. The van der Waals surface area contributed by atoms with Crippen molar-refractivity contribution >= 4 is 68.4 Å². The summed E-state index contributed by atoms with van der Waals surface area (Å²) in [5, 5.41) is 13.7. The summed E-state index contributed by atoms with van der Waals surface area (Å²) in [4.78, 5) is 36.3. The quantitative estimate of drug-likeness (QED) is 0.179. The van der Waals surface area contributed by atoms with Gasteiger partial charge >= 0.3 is 5.69 Å². The molecule has 1 aliphatic heterocycles. The largest absolute Gasteiger partial charge is 0.481 e. The maximum absolute atomic E-state index is 12.8. The highest BCUT2D eigenvalue weighted by Gasteiger charge is 2.34. The number of ether oxygens (including phenoxy) is 1. The van der Waals surface area contributed by atoms with Crippen molar-refractivity contribution < 1.29 is 19.2 Å². The third-order valence-electron chi connectivity index (χ3n) is 4.85. The Morgan fingerprint density at radius 1 is 1.09 bits per heavy atom. The van der Waals surface area contributed by atoms with Crippen molar-refractivity contribution in [3.8, 4) is 5.75 Å². The van der Waals surface area contributed by atoms with E-state index in [1.165, 1.54) is 18.2 Å². The van der Waals surface area contributed by atoms with E-state index in [9.17, 15) is 19.7 Å². The molecule has 0 aromatic heterocycles. The average molecular weight is 563 g/mol. The van der Waals surface area contributed by atoms with Gasteiger partial charge in [-0.3, -0.25) is 25.1 Å². The van der Waals surface area contributed by atoms with Gasteiger partial charge in [0.05, 0.1) is 15.1 Å². The molecular formula is C23H14BrCl2N3O5. The highest BCUT2D eigenvalue weighted by molar-refractivity contribution is 9.10. The van der Waals surface area contributed by atoms with Gasteiger partial charge in [0.25, 0.3) is 11.8 Å². The SMILES string of the molecule is O=C1NN(c2ccccc2)C(=O)/C1=C\c1cc(Br)c(OCc2ccc(Cl)cc2Cl)c([N+](=O)[O-])c1. The van der Waals surface area contributed by atoms with Crippen LogP contribution in [0.5, 0.6) is 5.75 Å². The van der Waals surface area contributed by atoms with E-state index in [0.29, 0.717) is 21.3 Å². The number of nitro groups is 1. The van der Waals surface area contributed by atoms with Gasteiger partial charge in [-0.15, -0.1) is 0 Å². The van der Waals surface area contributed by atoms with Crippen LogP contribution in [0.3, 0.4) is 0 Å². The number of benzene rings is 3. The molecule has 1 aliphatic rings. The first kappa shape index (κ1) is 23.7. The number of hydrogen-bond acceptors (Lipinski definition) is 5. The Bertz CT molecular complexity index is 1350. The van der Waals surface area contributed by atoms with E-state index in [1.54, 1.807) is 48.5 Å². The normalized spacial score (nSPS) is 14.4. The van der Waals surface area contributed by atoms with E-state index in [2.05, 4.69) is 21.4 Å². The van der Waals surface area contributed by atoms with Gasteiger partial charge in [-0.2, -0.15) is 0 Å². The number of nitro benzene ring substituents is 1. The smallest absolute Gasteiger partial charge is 0.312 e. The van der Waals surface area contributed by atoms with Gasteiger partial charge in [0.1, 0.15) is 12.2 Å². The van der Waals surface area contributed by atoms with Crippen LogP contribution in [0.25, 0.3) is 6.08 Å². The maximum atomic E-state index is 12.8. The van der Waals surface area contributed by atoms with Gasteiger partial charge in [0.2, 0.25) is 5.75 Å². The molecule has 0 unspecified atom stereocenters. The molecule has 2 amide bonds. The molecule has 1 N–H and O–H groups in total. The zero-order valence-electron chi connectivity index (χ0n) is 17.1. The van der Waals surface area contributed by atoms with Crippen LogP contribution in [0.1, 0.15) is 11.1 Å². The van der Waals surface area contributed by atoms with Crippen molar-refractivity contribution in [2.75, 3.05) is 5.01 Å². The second-order valence-corrected chi connectivity index (χ2v) is 8.81. The lowest BCUT2D eigenvalue weighted by Crippen LogP contribution is -2.35. The number of nitrogens with one attached hydrogen (secondary N) is 1. The monoisotopic (exact) mass is 561 g/mol. The molecule has 3 aromatic carbocycles. The second kappa shape index (κ2) is 9.84. The van der Waals surface area contributed by atoms with Crippen LogP contribution in [-0.2, 0) is 16.2 Å². The van der Waals surface area contributed by atoms with Gasteiger partial charge in [-0.05, 0) is 57.9 Å². The van der Waals surface area contributed by atoms with Crippen molar-refractivity contribution in [2.45, 2.75) is 6.61 Å². The Labute approximate surface area is 212 Å². The Hall–Kier alpha value is -3.40. The summed E-state index contributed by atoms with van der Waals surface area (Å²) in [5.41, 5.74) is 3.32. The number of carbonyl (C=O) groups excluding carboxylic acids is 2. The molecule has 4 rings (SSSR count). The molecule has 8 nitrogen and oxygen atoms in total. The third-order valence-corrected chi connectivity index (χ3v) is 6.02. The zero-order valence-corrected chi connectivity index (χ0v) is 20.2. The van der Waals surface area contributed by atoms with Crippen molar-refractivity contribution in [2.24, 2.45) is 0 Å². The van der Waals surface area contributed by atoms with Crippen molar-refractivity contribution in [1.29, 1.82) is 0 Å². The van der Waals surface area contributed by atoms with Crippen LogP contribution in [0.4, 0.5) is 11.4 Å². The molecule has 1 fully saturated rings. The fraction of sp³-hybridized carbons (Fsp3) is 0.0435. The molecular weight excluding hydrogens is 549 g/mol. The summed E-state index contributed by atoms with van der Waals surface area (Å²) in [7, 11) is 0. The molecule has 172 valence electrons. The van der Waals surface area contributed by atoms with Crippen LogP contribution in [-0.4, -0.2) is 16.7 Å². The Kier molecular flexibility index (Phi) is 6.87. The van der Waals surface area contributed by atoms with E-state index in [0.717, 1.165) is 5.01 Å². The average Bonchev–Trinajstić information content (AvgIpc) is 3.08. The molecule has 0 bridgehead atoms. The van der Waals surface area contributed by atoms with Crippen molar-refractivity contribution in [3.63, 3.8) is 0 Å². The lowest BCUT2D eigenvalue weighted by atomic mass is 10.1. The number of anilines is 1. The van der Waals surface area contributed by atoms with E-state index in [4.69, 9.17) is 27.9 Å². The molecule has 1 heterocycles. The Morgan fingerprint density at radius 3 is 2.50 bits per heavy atom. The van der Waals surface area contributed by atoms with Crippen molar-refractivity contribution in [3.05, 3.63) is 102 Å². The number of halogens is 3. The van der Waals surface area contributed by atoms with Crippen LogP contribution in [0.2, 0.25) is 10.0 Å². The number of carbonyl (C=O) groups is 2. The van der Waals surface area contributed by atoms with Crippen LogP contribution in [0.15, 0.2) is 70.7 Å². The van der Waals surface area contributed by atoms with Crippen LogP contribution < -0.4 is 15.2 Å². The van der Waals surface area contributed by atoms with E-state index in [-0.39, 0.29) is 33.7 Å². The van der Waals surface area contributed by atoms with Gasteiger partial charge < -0.3 is 4.74 Å². The fourth-order valence-electron chi connectivity index (χ4n) is 3.23. The molecule has 0 radical (unpaired) electrons. The predicted molar refractivity (Wildman–Crippen MR) is 132 cm³/mol. The van der Waals surface area contributed by atoms with Crippen LogP contribution in [0, 0.1) is 10.1 Å². The summed E-state index contributed by atoms with van der Waals surface area (Å²) >= 11 is 15.3. The number of hydrazine groups is 1. The molecule has 34 heavy (non-hydrogen) atoms. The van der Waals surface area contributed by atoms with Crippen LogP contribution >= 0.6 is 39.1 Å². The zero-order chi connectivity index (χ0) is 24.4. The van der Waals surface area contributed by atoms with E-state index in [1.807, 2.05) is 0 Å². The Morgan fingerprint density at radius 2 is 1.82 bits per heavy atom. The van der Waals surface area contributed by atoms with E-state index >= 15 is 0 Å². The summed E-state index contributed by atoms with van der Waals surface area (Å²) in [6.45, 7) is -0.0389. The topological polar surface area (TPSA) is 102 Å². The highest BCUT2D eigenvalue weighted by atomic mass is 79.9. The minimum absolute atomic E-state index is 0.0220. The van der Waals surface area contributed by atoms with E-state index < -0.39 is 16.7 Å². The van der Waals surface area contributed by atoms with Gasteiger partial charge in [0, 0.05) is 21.7 Å². The minimum Gasteiger partial charge on any atom is -0.481 e. The number of amides is 2. The number of nitrogens with zero attached hydrogens (tertiary/aromatic N) is 2. The molecule has 3 aromatic rings. The first-order chi connectivity index (χ1) is 16.2. The second-order valence-electron chi connectivity index (χ2n) is 7.11. The third kappa shape index (κ3) is 4.91. The minimum atomic E-state index is -0.620. The number of para-hydroxylation sites is 1. The first-order valence-electron chi connectivity index (χ1n) is 9.71. The maximum Gasteiger partial charge on any atom is 0.312 e. The van der Waals surface area contributed by atoms with Gasteiger partial charge in [-0.25, -0.2) is 5.01 Å². The summed E-state index contributed by atoms with van der Waals surface area (Å²) in [5.74, 6) is -1.22. The van der Waals surface area contributed by atoms with Gasteiger partial charge in [0.15, 0.2) is 0 Å². The number of hydrogen-bond donors (Lipinski definition) is 1. The molecule has 11 heteroatoms. The summed E-state index contributed by atoms with van der Waals surface area (Å²) < 4.78 is 5.95. The summed E-state index contributed by atoms with van der Waals surface area (Å²) in [6.07, 6.45) is 1.29.